The van der Waals surface area contributed by atoms with Crippen molar-refractivity contribution in [3.8, 4) is 45.5 Å². The Bertz CT molecular complexity index is 2300. The van der Waals surface area contributed by atoms with Crippen LogP contribution in [0.4, 0.5) is 0 Å². The fourth-order valence-corrected chi connectivity index (χ4v) is 6.89. The normalized spacial score (nSPS) is 11.3. The van der Waals surface area contributed by atoms with Crippen molar-refractivity contribution >= 4 is 27.8 Å². The van der Waals surface area contributed by atoms with Gasteiger partial charge in [-0.25, -0.2) is 4.79 Å². The van der Waals surface area contributed by atoms with Crippen LogP contribution >= 0.6 is 0 Å². The molecule has 0 aliphatic carbocycles. The number of carbonyl (C=O) groups is 1. The molecule has 0 aliphatic rings. The fourth-order valence-electron chi connectivity index (χ4n) is 6.89. The Kier molecular flexibility index (Phi) is 11.9. The van der Waals surface area contributed by atoms with Gasteiger partial charge in [0.15, 0.2) is 0 Å². The summed E-state index contributed by atoms with van der Waals surface area (Å²) in [5.74, 6) is 1.59. The molecule has 0 radical (unpaired) electrons. The SMILES string of the molecule is C=C(C)C(=O)OCCCCCCCCCCCOc1ccc(-c2ccc(-c3nnc(-c4ccc5c(c4)c4ccccc4n5-c4ccccc4)o3)cc2)cc1. The molecule has 0 saturated heterocycles. The molecule has 54 heavy (non-hydrogen) atoms. The van der Waals surface area contributed by atoms with Gasteiger partial charge in [-0.1, -0.05) is 112 Å². The molecule has 0 atom stereocenters. The van der Waals surface area contributed by atoms with E-state index < -0.39 is 0 Å². The lowest BCUT2D eigenvalue weighted by Gasteiger charge is -2.08. The van der Waals surface area contributed by atoms with Crippen LogP contribution in [0, 0.1) is 0 Å². The smallest absolute Gasteiger partial charge is 0.333 e. The number of para-hydroxylation sites is 2. The van der Waals surface area contributed by atoms with Crippen molar-refractivity contribution in [1.82, 2.24) is 14.8 Å². The largest absolute Gasteiger partial charge is 0.494 e. The van der Waals surface area contributed by atoms with Gasteiger partial charge in [0.2, 0.25) is 11.8 Å². The molecule has 7 aromatic rings. The zero-order valence-corrected chi connectivity index (χ0v) is 31.0. The molecule has 0 bridgehead atoms. The minimum absolute atomic E-state index is 0.286. The van der Waals surface area contributed by atoms with Crippen molar-refractivity contribution in [1.29, 1.82) is 0 Å². The maximum atomic E-state index is 11.4. The highest BCUT2D eigenvalue weighted by Crippen LogP contribution is 2.35. The van der Waals surface area contributed by atoms with Crippen LogP contribution in [0.5, 0.6) is 5.75 Å². The number of ether oxygens (including phenoxy) is 2. The second-order valence-corrected chi connectivity index (χ2v) is 13.9. The summed E-state index contributed by atoms with van der Waals surface area (Å²) in [6.45, 7) is 6.50. The molecule has 7 nitrogen and oxygen atoms in total. The number of unbranched alkanes of at least 4 members (excludes halogenated alkanes) is 8. The van der Waals surface area contributed by atoms with Crippen LogP contribution in [0.1, 0.15) is 64.7 Å². The first-order valence-electron chi connectivity index (χ1n) is 19.1. The average Bonchev–Trinajstić information content (AvgIpc) is 3.84. The predicted octanol–water partition coefficient (Wildman–Crippen LogP) is 12.2. The van der Waals surface area contributed by atoms with Gasteiger partial charge in [0.1, 0.15) is 5.75 Å². The maximum Gasteiger partial charge on any atom is 0.333 e. The summed E-state index contributed by atoms with van der Waals surface area (Å²) in [7, 11) is 0. The van der Waals surface area contributed by atoms with E-state index in [9.17, 15) is 4.79 Å². The topological polar surface area (TPSA) is 79.4 Å². The fraction of sp³-hybridized carbons (Fsp3) is 0.255. The highest BCUT2D eigenvalue weighted by molar-refractivity contribution is 6.10. The Labute approximate surface area is 317 Å². The van der Waals surface area contributed by atoms with Crippen LogP contribution in [-0.4, -0.2) is 33.9 Å². The minimum Gasteiger partial charge on any atom is -0.494 e. The van der Waals surface area contributed by atoms with Crippen molar-refractivity contribution in [3.05, 3.63) is 133 Å². The third-order valence-corrected chi connectivity index (χ3v) is 9.82. The summed E-state index contributed by atoms with van der Waals surface area (Å²) >= 11 is 0. The van der Waals surface area contributed by atoms with E-state index in [2.05, 4.69) is 112 Å². The van der Waals surface area contributed by atoms with Gasteiger partial charge in [-0.05, 0) is 91.6 Å². The van der Waals surface area contributed by atoms with E-state index in [1.54, 1.807) is 6.92 Å². The Morgan fingerprint density at radius 1 is 0.593 bits per heavy atom. The first-order chi connectivity index (χ1) is 26.5. The highest BCUT2D eigenvalue weighted by atomic mass is 16.5. The van der Waals surface area contributed by atoms with E-state index in [1.165, 1.54) is 43.9 Å². The Morgan fingerprint density at radius 3 is 1.81 bits per heavy atom. The van der Waals surface area contributed by atoms with Gasteiger partial charge in [-0.2, -0.15) is 0 Å². The minimum atomic E-state index is -0.286. The number of carbonyl (C=O) groups excluding carboxylic acids is 1. The summed E-state index contributed by atoms with van der Waals surface area (Å²) in [6, 6.07) is 41.8. The van der Waals surface area contributed by atoms with Crippen molar-refractivity contribution in [2.75, 3.05) is 13.2 Å². The summed E-state index contributed by atoms with van der Waals surface area (Å²) < 4.78 is 19.7. The van der Waals surface area contributed by atoms with Gasteiger partial charge < -0.3 is 18.5 Å². The Hall–Kier alpha value is -5.95. The van der Waals surface area contributed by atoms with E-state index in [1.807, 2.05) is 30.3 Å². The van der Waals surface area contributed by atoms with Crippen LogP contribution < -0.4 is 4.74 Å². The molecule has 5 aromatic carbocycles. The number of hydrogen-bond donors (Lipinski definition) is 0. The lowest BCUT2D eigenvalue weighted by Crippen LogP contribution is -2.05. The molecule has 274 valence electrons. The van der Waals surface area contributed by atoms with E-state index in [4.69, 9.17) is 13.9 Å². The summed E-state index contributed by atoms with van der Waals surface area (Å²) in [5, 5.41) is 11.1. The molecule has 0 spiro atoms. The van der Waals surface area contributed by atoms with Crippen LogP contribution in [0.3, 0.4) is 0 Å². The third-order valence-electron chi connectivity index (χ3n) is 9.82. The van der Waals surface area contributed by atoms with Crippen LogP contribution in [-0.2, 0) is 9.53 Å². The molecule has 7 heteroatoms. The maximum absolute atomic E-state index is 11.4. The summed E-state index contributed by atoms with van der Waals surface area (Å²) in [4.78, 5) is 11.4. The van der Waals surface area contributed by atoms with Crippen molar-refractivity contribution in [2.45, 2.75) is 64.7 Å². The van der Waals surface area contributed by atoms with E-state index in [0.29, 0.717) is 24.0 Å². The molecule has 2 heterocycles. The Morgan fingerprint density at radius 2 is 1.13 bits per heavy atom. The highest BCUT2D eigenvalue weighted by Gasteiger charge is 2.16. The summed E-state index contributed by atoms with van der Waals surface area (Å²) in [5.41, 5.74) is 7.86. The molecule has 0 saturated carbocycles. The lowest BCUT2D eigenvalue weighted by molar-refractivity contribution is -0.139. The van der Waals surface area contributed by atoms with Gasteiger partial charge in [0.25, 0.3) is 0 Å². The lowest BCUT2D eigenvalue weighted by atomic mass is 10.0. The number of nitrogens with zero attached hydrogens (tertiary/aromatic N) is 3. The molecule has 7 rings (SSSR count). The van der Waals surface area contributed by atoms with Crippen LogP contribution in [0.25, 0.3) is 61.5 Å². The van der Waals surface area contributed by atoms with Gasteiger partial charge in [0, 0.05) is 33.2 Å². The van der Waals surface area contributed by atoms with E-state index in [-0.39, 0.29) is 5.97 Å². The first-order valence-corrected chi connectivity index (χ1v) is 19.1. The number of esters is 1. The number of hydrogen-bond acceptors (Lipinski definition) is 6. The van der Waals surface area contributed by atoms with E-state index in [0.717, 1.165) is 76.0 Å². The number of fused-ring (bicyclic) bond motifs is 3. The van der Waals surface area contributed by atoms with Gasteiger partial charge >= 0.3 is 5.97 Å². The van der Waals surface area contributed by atoms with Gasteiger partial charge in [-0.15, -0.1) is 10.2 Å². The second-order valence-electron chi connectivity index (χ2n) is 13.9. The zero-order valence-electron chi connectivity index (χ0n) is 31.0. The third kappa shape index (κ3) is 8.80. The van der Waals surface area contributed by atoms with Crippen LogP contribution in [0.15, 0.2) is 138 Å². The molecule has 0 N–H and O–H groups in total. The van der Waals surface area contributed by atoms with Crippen molar-refractivity contribution in [2.24, 2.45) is 0 Å². The molecule has 0 aliphatic heterocycles. The number of rotatable bonds is 18. The van der Waals surface area contributed by atoms with E-state index >= 15 is 0 Å². The van der Waals surface area contributed by atoms with Gasteiger partial charge in [0.05, 0.1) is 24.2 Å². The molecular formula is C47H47N3O4. The Balaban J connectivity index is 0.870. The number of benzene rings is 5. The summed E-state index contributed by atoms with van der Waals surface area (Å²) in [6.07, 6.45) is 10.4. The standard InChI is InChI=1S/C47H47N3O4/c1-34(2)47(51)53-32-16-9-7-5-3-4-6-8-15-31-52-40-28-25-36(26-29-40)35-21-23-37(24-22-35)45-48-49-46(54-45)38-27-30-44-42(33-38)41-19-13-14-20-43(41)50(44)39-17-11-10-12-18-39/h10-14,17-30,33H,1,3-9,15-16,31-32H2,2H3. The molecule has 0 amide bonds. The second kappa shape index (κ2) is 17.7. The number of aromatic nitrogens is 3. The zero-order chi connectivity index (χ0) is 37.1. The predicted molar refractivity (Wildman–Crippen MR) is 218 cm³/mol. The average molecular weight is 718 g/mol. The molecule has 0 unspecified atom stereocenters. The first kappa shape index (κ1) is 36.4. The van der Waals surface area contributed by atoms with Crippen molar-refractivity contribution in [3.63, 3.8) is 0 Å². The van der Waals surface area contributed by atoms with Crippen molar-refractivity contribution < 1.29 is 18.7 Å². The van der Waals surface area contributed by atoms with Crippen LogP contribution in [0.2, 0.25) is 0 Å². The molecule has 2 aromatic heterocycles. The molecular weight excluding hydrogens is 671 g/mol. The monoisotopic (exact) mass is 717 g/mol. The molecule has 0 fully saturated rings. The van der Waals surface area contributed by atoms with Gasteiger partial charge in [-0.3, -0.25) is 0 Å². The quantitative estimate of drug-likeness (QED) is 0.0499.